The maximum atomic E-state index is 13.6. The fraction of sp³-hybridized carbons (Fsp3) is 0.353. The summed E-state index contributed by atoms with van der Waals surface area (Å²) in [6.07, 6.45) is -4.85. The predicted octanol–water partition coefficient (Wildman–Crippen LogP) is 2.12. The molecular formula is C17H17F3N4O4S. The van der Waals surface area contributed by atoms with Crippen molar-refractivity contribution >= 4 is 27.2 Å². The molecule has 1 N–H and O–H groups in total. The Hall–Kier alpha value is -2.89. The number of nitrogens with zero attached hydrogens (tertiary/aromatic N) is 3. The van der Waals surface area contributed by atoms with E-state index in [1.165, 1.54) is 7.11 Å². The SMILES string of the molecule is COc1cccc(Nc2cc(C(F)(F)F)c(C(=O)N3CCS(=O)(=O)CC3)nn2)c1. The minimum Gasteiger partial charge on any atom is -0.497 e. The average molecular weight is 430 g/mol. The molecule has 0 atom stereocenters. The number of aromatic nitrogens is 2. The third kappa shape index (κ3) is 4.94. The Morgan fingerprint density at radius 1 is 1.17 bits per heavy atom. The molecule has 1 aromatic heterocycles. The lowest BCUT2D eigenvalue weighted by molar-refractivity contribution is -0.138. The molecule has 1 aliphatic heterocycles. The van der Waals surface area contributed by atoms with Gasteiger partial charge in [-0.1, -0.05) is 6.07 Å². The summed E-state index contributed by atoms with van der Waals surface area (Å²) in [4.78, 5) is 13.6. The van der Waals surface area contributed by atoms with Gasteiger partial charge in [-0.05, 0) is 18.2 Å². The third-order valence-corrected chi connectivity index (χ3v) is 5.88. The normalized spacial score (nSPS) is 16.3. The summed E-state index contributed by atoms with van der Waals surface area (Å²) in [6, 6.07) is 7.16. The van der Waals surface area contributed by atoms with Gasteiger partial charge in [-0.3, -0.25) is 4.79 Å². The highest BCUT2D eigenvalue weighted by Crippen LogP contribution is 2.33. The number of ether oxygens (including phenoxy) is 1. The zero-order valence-corrected chi connectivity index (χ0v) is 16.0. The molecule has 156 valence electrons. The monoisotopic (exact) mass is 430 g/mol. The third-order valence-electron chi connectivity index (χ3n) is 4.28. The molecule has 0 spiro atoms. The Kier molecular flexibility index (Phi) is 5.64. The standard InChI is InChI=1S/C17H17F3N4O4S/c1-28-12-4-2-3-11(9-12)21-14-10-13(17(18,19)20)15(23-22-14)16(25)24-5-7-29(26,27)8-6-24/h2-4,9-10H,5-8H2,1H3,(H,21,22). The second-order valence-corrected chi connectivity index (χ2v) is 8.59. The average Bonchev–Trinajstić information content (AvgIpc) is 2.67. The van der Waals surface area contributed by atoms with Crippen LogP contribution in [0.5, 0.6) is 5.75 Å². The first-order valence-corrected chi connectivity index (χ1v) is 10.3. The molecule has 2 aromatic rings. The summed E-state index contributed by atoms with van der Waals surface area (Å²) in [5, 5.41) is 9.86. The number of anilines is 2. The van der Waals surface area contributed by atoms with Gasteiger partial charge in [0, 0.05) is 24.8 Å². The number of sulfone groups is 1. The van der Waals surface area contributed by atoms with Gasteiger partial charge in [-0.2, -0.15) is 13.2 Å². The smallest absolute Gasteiger partial charge is 0.418 e. The Morgan fingerprint density at radius 3 is 2.48 bits per heavy atom. The summed E-state index contributed by atoms with van der Waals surface area (Å²) in [5.74, 6) is -1.33. The summed E-state index contributed by atoms with van der Waals surface area (Å²) in [6.45, 7) is -0.381. The molecule has 12 heteroatoms. The number of hydrogen-bond acceptors (Lipinski definition) is 7. The lowest BCUT2D eigenvalue weighted by Crippen LogP contribution is -2.44. The highest BCUT2D eigenvalue weighted by Gasteiger charge is 2.39. The van der Waals surface area contributed by atoms with Crippen molar-refractivity contribution in [1.29, 1.82) is 0 Å². The van der Waals surface area contributed by atoms with Crippen LogP contribution in [0.15, 0.2) is 30.3 Å². The topological polar surface area (TPSA) is 101 Å². The van der Waals surface area contributed by atoms with Crippen LogP contribution in [-0.2, 0) is 16.0 Å². The van der Waals surface area contributed by atoms with Crippen LogP contribution in [0.25, 0.3) is 0 Å². The van der Waals surface area contributed by atoms with Gasteiger partial charge in [-0.25, -0.2) is 8.42 Å². The molecule has 1 aliphatic rings. The predicted molar refractivity (Wildman–Crippen MR) is 97.9 cm³/mol. The first-order chi connectivity index (χ1) is 13.6. The molecule has 1 fully saturated rings. The second-order valence-electron chi connectivity index (χ2n) is 6.29. The molecule has 0 saturated carbocycles. The van der Waals surface area contributed by atoms with Crippen LogP contribution < -0.4 is 10.1 Å². The molecular weight excluding hydrogens is 413 g/mol. The molecule has 8 nitrogen and oxygen atoms in total. The van der Waals surface area contributed by atoms with E-state index in [-0.39, 0.29) is 30.4 Å². The van der Waals surface area contributed by atoms with E-state index in [4.69, 9.17) is 4.74 Å². The lowest BCUT2D eigenvalue weighted by atomic mass is 10.1. The number of halogens is 3. The fourth-order valence-corrected chi connectivity index (χ4v) is 3.94. The maximum absolute atomic E-state index is 13.6. The Morgan fingerprint density at radius 2 is 1.86 bits per heavy atom. The van der Waals surface area contributed by atoms with E-state index in [9.17, 15) is 26.4 Å². The fourth-order valence-electron chi connectivity index (χ4n) is 2.74. The molecule has 0 unspecified atom stereocenters. The molecule has 1 aromatic carbocycles. The number of hydrogen-bond donors (Lipinski definition) is 1. The second kappa shape index (κ2) is 7.85. The van der Waals surface area contributed by atoms with Gasteiger partial charge in [0.15, 0.2) is 21.3 Å². The van der Waals surface area contributed by atoms with Gasteiger partial charge in [0.2, 0.25) is 0 Å². The van der Waals surface area contributed by atoms with Gasteiger partial charge >= 0.3 is 6.18 Å². The summed E-state index contributed by atoms with van der Waals surface area (Å²) >= 11 is 0. The van der Waals surface area contributed by atoms with E-state index in [1.54, 1.807) is 24.3 Å². The van der Waals surface area contributed by atoms with Gasteiger partial charge in [-0.15, -0.1) is 10.2 Å². The first-order valence-electron chi connectivity index (χ1n) is 8.45. The van der Waals surface area contributed by atoms with E-state index < -0.39 is 33.2 Å². The van der Waals surface area contributed by atoms with E-state index in [1.807, 2.05) is 0 Å². The van der Waals surface area contributed by atoms with E-state index >= 15 is 0 Å². The number of alkyl halides is 3. The van der Waals surface area contributed by atoms with Crippen LogP contribution in [-0.4, -0.2) is 61.1 Å². The van der Waals surface area contributed by atoms with Crippen molar-refractivity contribution in [3.05, 3.63) is 41.6 Å². The van der Waals surface area contributed by atoms with Gasteiger partial charge in [0.25, 0.3) is 5.91 Å². The van der Waals surface area contributed by atoms with Crippen LogP contribution in [0.1, 0.15) is 16.1 Å². The number of methoxy groups -OCH3 is 1. The number of nitrogens with one attached hydrogen (secondary N) is 1. The number of rotatable bonds is 4. The Labute approximate surface area is 164 Å². The minimum atomic E-state index is -4.85. The van der Waals surface area contributed by atoms with Crippen molar-refractivity contribution in [3.8, 4) is 5.75 Å². The number of carbonyl (C=O) groups is 1. The van der Waals surface area contributed by atoms with Crippen LogP contribution in [0.4, 0.5) is 24.7 Å². The first kappa shape index (κ1) is 20.8. The van der Waals surface area contributed by atoms with Crippen LogP contribution in [0, 0.1) is 0 Å². The molecule has 0 radical (unpaired) electrons. The quantitative estimate of drug-likeness (QED) is 0.793. The van der Waals surface area contributed by atoms with Crippen LogP contribution in [0.3, 0.4) is 0 Å². The molecule has 1 amide bonds. The van der Waals surface area contributed by atoms with E-state index in [0.717, 1.165) is 4.90 Å². The summed E-state index contributed by atoms with van der Waals surface area (Å²) < 4.78 is 68.7. The zero-order valence-electron chi connectivity index (χ0n) is 15.2. The summed E-state index contributed by atoms with van der Waals surface area (Å²) in [7, 11) is -1.84. The molecule has 0 bridgehead atoms. The molecule has 2 heterocycles. The van der Waals surface area contributed by atoms with Crippen LogP contribution in [0.2, 0.25) is 0 Å². The maximum Gasteiger partial charge on any atom is 0.418 e. The number of carbonyl (C=O) groups excluding carboxylic acids is 1. The van der Waals surface area contributed by atoms with Crippen LogP contribution >= 0.6 is 0 Å². The minimum absolute atomic E-state index is 0.191. The van der Waals surface area contributed by atoms with E-state index in [2.05, 4.69) is 15.5 Å². The molecule has 1 saturated heterocycles. The highest BCUT2D eigenvalue weighted by molar-refractivity contribution is 7.91. The molecule has 29 heavy (non-hydrogen) atoms. The summed E-state index contributed by atoms with van der Waals surface area (Å²) in [5.41, 5.74) is -1.70. The van der Waals surface area contributed by atoms with Crippen molar-refractivity contribution in [2.24, 2.45) is 0 Å². The van der Waals surface area contributed by atoms with Gasteiger partial charge in [0.1, 0.15) is 5.75 Å². The molecule has 3 rings (SSSR count). The Bertz CT molecular complexity index is 1010. The number of amides is 1. The van der Waals surface area contributed by atoms with E-state index in [0.29, 0.717) is 17.5 Å². The van der Waals surface area contributed by atoms with Crippen molar-refractivity contribution in [2.45, 2.75) is 6.18 Å². The number of benzene rings is 1. The van der Waals surface area contributed by atoms with Crippen molar-refractivity contribution in [3.63, 3.8) is 0 Å². The van der Waals surface area contributed by atoms with Crippen molar-refractivity contribution in [2.75, 3.05) is 37.0 Å². The van der Waals surface area contributed by atoms with Crippen molar-refractivity contribution in [1.82, 2.24) is 15.1 Å². The molecule has 0 aliphatic carbocycles. The highest BCUT2D eigenvalue weighted by atomic mass is 32.2. The van der Waals surface area contributed by atoms with Crippen molar-refractivity contribution < 1.29 is 31.1 Å². The van der Waals surface area contributed by atoms with Gasteiger partial charge < -0.3 is 15.0 Å². The van der Waals surface area contributed by atoms with Gasteiger partial charge in [0.05, 0.1) is 24.2 Å². The largest absolute Gasteiger partial charge is 0.497 e. The zero-order chi connectivity index (χ0) is 21.2. The lowest BCUT2D eigenvalue weighted by Gasteiger charge is -2.27. The Balaban J connectivity index is 1.89.